The van der Waals surface area contributed by atoms with Gasteiger partial charge in [0.15, 0.2) is 0 Å². The standard InChI is InChI=1S/C20H37F5O.C2H6/c1-2-3-4-5-6-7-8-9-11-14-17-26-18-15-12-10-13-16-19(21,22)20(23,24)25;1-2/h2-18H2,1H3;1-2H3. The second kappa shape index (κ2) is 19.9. The van der Waals surface area contributed by atoms with E-state index in [0.717, 1.165) is 12.8 Å². The first-order chi connectivity index (χ1) is 13.3. The van der Waals surface area contributed by atoms with Crippen LogP contribution in [-0.4, -0.2) is 25.3 Å². The highest BCUT2D eigenvalue weighted by molar-refractivity contribution is 4.75. The van der Waals surface area contributed by atoms with E-state index in [2.05, 4.69) is 6.92 Å². The molecule has 0 atom stereocenters. The minimum Gasteiger partial charge on any atom is -0.381 e. The highest BCUT2D eigenvalue weighted by Gasteiger charge is 2.56. The Kier molecular flexibility index (Phi) is 21.2. The van der Waals surface area contributed by atoms with Crippen LogP contribution in [0.2, 0.25) is 0 Å². The van der Waals surface area contributed by atoms with E-state index in [1.54, 1.807) is 0 Å². The predicted molar refractivity (Wildman–Crippen MR) is 108 cm³/mol. The zero-order chi connectivity index (χ0) is 21.7. The number of unbranched alkanes of at least 4 members (excludes halogenated alkanes) is 12. The Morgan fingerprint density at radius 1 is 0.536 bits per heavy atom. The molecule has 0 aliphatic carbocycles. The molecule has 0 aliphatic rings. The normalized spacial score (nSPS) is 12.0. The van der Waals surface area contributed by atoms with E-state index in [4.69, 9.17) is 4.74 Å². The molecule has 0 radical (unpaired) electrons. The van der Waals surface area contributed by atoms with E-state index in [0.29, 0.717) is 26.1 Å². The maximum Gasteiger partial charge on any atom is 0.453 e. The van der Waals surface area contributed by atoms with Gasteiger partial charge in [-0.05, 0) is 19.3 Å². The summed E-state index contributed by atoms with van der Waals surface area (Å²) in [5.41, 5.74) is 0. The first kappa shape index (κ1) is 29.8. The van der Waals surface area contributed by atoms with Crippen LogP contribution in [0.4, 0.5) is 22.0 Å². The molecule has 0 spiro atoms. The lowest BCUT2D eigenvalue weighted by Crippen LogP contribution is -2.36. The van der Waals surface area contributed by atoms with Crippen LogP contribution in [0.5, 0.6) is 0 Å². The van der Waals surface area contributed by atoms with Crippen LogP contribution < -0.4 is 0 Å². The van der Waals surface area contributed by atoms with Gasteiger partial charge >= 0.3 is 12.1 Å². The lowest BCUT2D eigenvalue weighted by molar-refractivity contribution is -0.284. The Hall–Kier alpha value is -0.390. The molecule has 0 saturated carbocycles. The van der Waals surface area contributed by atoms with Gasteiger partial charge in [0.1, 0.15) is 0 Å². The van der Waals surface area contributed by atoms with E-state index in [1.807, 2.05) is 13.8 Å². The molecule has 0 aromatic heterocycles. The summed E-state index contributed by atoms with van der Waals surface area (Å²) >= 11 is 0. The number of rotatable bonds is 18. The maximum absolute atomic E-state index is 12.7. The molecule has 0 rings (SSSR count). The zero-order valence-corrected chi connectivity index (χ0v) is 18.3. The molecule has 0 fully saturated rings. The van der Waals surface area contributed by atoms with Crippen LogP contribution in [0.3, 0.4) is 0 Å². The minimum absolute atomic E-state index is 0.106. The third-order valence-corrected chi connectivity index (χ3v) is 4.59. The second-order valence-corrected chi connectivity index (χ2v) is 7.16. The summed E-state index contributed by atoms with van der Waals surface area (Å²) in [5.74, 6) is -4.56. The van der Waals surface area contributed by atoms with Crippen LogP contribution in [0, 0.1) is 0 Å². The monoisotopic (exact) mass is 418 g/mol. The lowest BCUT2D eigenvalue weighted by atomic mass is 10.1. The Morgan fingerprint density at radius 2 is 0.893 bits per heavy atom. The third kappa shape index (κ3) is 18.9. The molecule has 28 heavy (non-hydrogen) atoms. The number of hydrogen-bond acceptors (Lipinski definition) is 1. The van der Waals surface area contributed by atoms with Gasteiger partial charge < -0.3 is 4.74 Å². The minimum atomic E-state index is -5.43. The Labute approximate surface area is 169 Å². The maximum atomic E-state index is 12.7. The van der Waals surface area contributed by atoms with Gasteiger partial charge in [-0.2, -0.15) is 22.0 Å². The van der Waals surface area contributed by atoms with Gasteiger partial charge in [-0.25, -0.2) is 0 Å². The fraction of sp³-hybridized carbons (Fsp3) is 1.00. The summed E-state index contributed by atoms with van der Waals surface area (Å²) in [6.45, 7) is 7.50. The van der Waals surface area contributed by atoms with E-state index < -0.39 is 18.5 Å². The van der Waals surface area contributed by atoms with Crippen molar-refractivity contribution >= 4 is 0 Å². The molecular weight excluding hydrogens is 375 g/mol. The molecule has 1 nitrogen and oxygen atoms in total. The average molecular weight is 419 g/mol. The van der Waals surface area contributed by atoms with Crippen LogP contribution in [0.25, 0.3) is 0 Å². The topological polar surface area (TPSA) is 9.23 Å². The molecular formula is C22H43F5O. The fourth-order valence-electron chi connectivity index (χ4n) is 2.84. The SMILES string of the molecule is CC.CCCCCCCCCCCCOCCCCCCC(F)(F)C(F)(F)F. The summed E-state index contributed by atoms with van der Waals surface area (Å²) < 4.78 is 66.7. The van der Waals surface area contributed by atoms with Crippen LogP contribution in [0.15, 0.2) is 0 Å². The molecule has 0 amide bonds. The van der Waals surface area contributed by atoms with Gasteiger partial charge in [0.05, 0.1) is 0 Å². The summed E-state index contributed by atoms with van der Waals surface area (Å²) in [6.07, 6.45) is 7.81. The molecule has 0 saturated heterocycles. The van der Waals surface area contributed by atoms with Crippen molar-refractivity contribution in [2.24, 2.45) is 0 Å². The Balaban J connectivity index is 0. The number of alkyl halides is 5. The van der Waals surface area contributed by atoms with Crippen LogP contribution >= 0.6 is 0 Å². The molecule has 0 unspecified atom stereocenters. The Bertz CT molecular complexity index is 306. The van der Waals surface area contributed by atoms with Gasteiger partial charge in [0.2, 0.25) is 0 Å². The van der Waals surface area contributed by atoms with E-state index >= 15 is 0 Å². The summed E-state index contributed by atoms with van der Waals surface area (Å²) in [5, 5.41) is 0. The summed E-state index contributed by atoms with van der Waals surface area (Å²) in [4.78, 5) is 0. The largest absolute Gasteiger partial charge is 0.453 e. The van der Waals surface area contributed by atoms with Crippen molar-refractivity contribution in [2.75, 3.05) is 13.2 Å². The van der Waals surface area contributed by atoms with Crippen molar-refractivity contribution in [3.8, 4) is 0 Å². The quantitative estimate of drug-likeness (QED) is 0.159. The van der Waals surface area contributed by atoms with Gasteiger partial charge in [0, 0.05) is 19.6 Å². The molecule has 0 aliphatic heterocycles. The summed E-state index contributed by atoms with van der Waals surface area (Å²) in [6, 6.07) is 0. The molecule has 0 aromatic carbocycles. The van der Waals surface area contributed by atoms with Crippen molar-refractivity contribution < 1.29 is 26.7 Å². The average Bonchev–Trinajstić information content (AvgIpc) is 2.65. The first-order valence-electron chi connectivity index (χ1n) is 11.3. The highest BCUT2D eigenvalue weighted by Crippen LogP contribution is 2.39. The van der Waals surface area contributed by atoms with Gasteiger partial charge in [0.25, 0.3) is 0 Å². The van der Waals surface area contributed by atoms with Gasteiger partial charge in [-0.1, -0.05) is 91.4 Å². The first-order valence-corrected chi connectivity index (χ1v) is 11.3. The van der Waals surface area contributed by atoms with Crippen LogP contribution in [-0.2, 0) is 4.74 Å². The lowest BCUT2D eigenvalue weighted by Gasteiger charge is -2.19. The van der Waals surface area contributed by atoms with E-state index in [-0.39, 0.29) is 6.42 Å². The van der Waals surface area contributed by atoms with E-state index in [1.165, 1.54) is 57.8 Å². The molecule has 0 bridgehead atoms. The molecule has 0 aromatic rings. The third-order valence-electron chi connectivity index (χ3n) is 4.59. The number of hydrogen-bond donors (Lipinski definition) is 0. The molecule has 0 N–H and O–H groups in total. The smallest absolute Gasteiger partial charge is 0.381 e. The van der Waals surface area contributed by atoms with Crippen molar-refractivity contribution in [3.05, 3.63) is 0 Å². The van der Waals surface area contributed by atoms with Gasteiger partial charge in [-0.15, -0.1) is 0 Å². The number of ether oxygens (including phenoxy) is 1. The van der Waals surface area contributed by atoms with Crippen LogP contribution in [0.1, 0.15) is 117 Å². The molecule has 172 valence electrons. The second-order valence-electron chi connectivity index (χ2n) is 7.16. The molecule has 6 heteroatoms. The highest BCUT2D eigenvalue weighted by atomic mass is 19.4. The van der Waals surface area contributed by atoms with Crippen molar-refractivity contribution in [1.82, 2.24) is 0 Å². The number of halogens is 5. The predicted octanol–water partition coefficient (Wildman–Crippen LogP) is 9.10. The van der Waals surface area contributed by atoms with Crippen molar-refractivity contribution in [3.63, 3.8) is 0 Å². The van der Waals surface area contributed by atoms with Crippen molar-refractivity contribution in [1.29, 1.82) is 0 Å². The Morgan fingerprint density at radius 3 is 1.29 bits per heavy atom. The zero-order valence-electron chi connectivity index (χ0n) is 18.3. The fourth-order valence-corrected chi connectivity index (χ4v) is 2.84. The van der Waals surface area contributed by atoms with Crippen molar-refractivity contribution in [2.45, 2.75) is 129 Å². The van der Waals surface area contributed by atoms with E-state index in [9.17, 15) is 22.0 Å². The molecule has 0 heterocycles. The summed E-state index contributed by atoms with van der Waals surface area (Å²) in [7, 11) is 0. The van der Waals surface area contributed by atoms with Gasteiger partial charge in [-0.3, -0.25) is 0 Å².